The van der Waals surface area contributed by atoms with Crippen molar-refractivity contribution in [1.82, 2.24) is 5.32 Å². The van der Waals surface area contributed by atoms with Crippen LogP contribution in [0.2, 0.25) is 0 Å². The van der Waals surface area contributed by atoms with Gasteiger partial charge in [-0.25, -0.2) is 0 Å². The minimum atomic E-state index is -0.175. The summed E-state index contributed by atoms with van der Waals surface area (Å²) in [4.78, 5) is 12.1. The molecule has 0 saturated heterocycles. The average molecular weight is 267 g/mol. The van der Waals surface area contributed by atoms with Gasteiger partial charge in [-0.05, 0) is 18.6 Å². The van der Waals surface area contributed by atoms with E-state index in [1.807, 2.05) is 0 Å². The SMILES string of the molecule is CCCCNC(=O)c1ccc(OC)c(OC)c1OC. The van der Waals surface area contributed by atoms with E-state index in [9.17, 15) is 4.79 Å². The van der Waals surface area contributed by atoms with Crippen molar-refractivity contribution in [3.63, 3.8) is 0 Å². The lowest BCUT2D eigenvalue weighted by atomic mass is 10.1. The maximum Gasteiger partial charge on any atom is 0.255 e. The molecule has 19 heavy (non-hydrogen) atoms. The standard InChI is InChI=1S/C14H21NO4/c1-5-6-9-15-14(16)10-7-8-11(17-2)13(19-4)12(10)18-3/h7-8H,5-6,9H2,1-4H3,(H,15,16). The number of carbonyl (C=O) groups excluding carboxylic acids is 1. The summed E-state index contributed by atoms with van der Waals surface area (Å²) < 4.78 is 15.7. The molecule has 0 radical (unpaired) electrons. The van der Waals surface area contributed by atoms with Crippen molar-refractivity contribution in [3.8, 4) is 17.2 Å². The van der Waals surface area contributed by atoms with E-state index in [4.69, 9.17) is 14.2 Å². The summed E-state index contributed by atoms with van der Waals surface area (Å²) in [5.41, 5.74) is 0.441. The number of methoxy groups -OCH3 is 3. The minimum Gasteiger partial charge on any atom is -0.493 e. The van der Waals surface area contributed by atoms with E-state index >= 15 is 0 Å². The Morgan fingerprint density at radius 1 is 1.11 bits per heavy atom. The van der Waals surface area contributed by atoms with Crippen LogP contribution in [-0.4, -0.2) is 33.8 Å². The van der Waals surface area contributed by atoms with Gasteiger partial charge in [-0.2, -0.15) is 0 Å². The first kappa shape index (κ1) is 15.1. The summed E-state index contributed by atoms with van der Waals surface area (Å²) in [6, 6.07) is 3.36. The summed E-state index contributed by atoms with van der Waals surface area (Å²) in [5, 5.41) is 2.85. The van der Waals surface area contributed by atoms with Crippen LogP contribution in [0.25, 0.3) is 0 Å². The molecule has 1 N–H and O–H groups in total. The van der Waals surface area contributed by atoms with E-state index in [1.165, 1.54) is 21.3 Å². The van der Waals surface area contributed by atoms with E-state index in [0.717, 1.165) is 12.8 Å². The fraction of sp³-hybridized carbons (Fsp3) is 0.500. The quantitative estimate of drug-likeness (QED) is 0.770. The molecule has 0 aromatic heterocycles. The first-order valence-electron chi connectivity index (χ1n) is 6.26. The van der Waals surface area contributed by atoms with Crippen molar-refractivity contribution in [2.45, 2.75) is 19.8 Å². The molecular weight excluding hydrogens is 246 g/mol. The number of rotatable bonds is 7. The van der Waals surface area contributed by atoms with E-state index in [-0.39, 0.29) is 5.91 Å². The van der Waals surface area contributed by atoms with E-state index in [2.05, 4.69) is 12.2 Å². The largest absolute Gasteiger partial charge is 0.493 e. The lowest BCUT2D eigenvalue weighted by Gasteiger charge is -2.15. The predicted octanol–water partition coefficient (Wildman–Crippen LogP) is 2.24. The second kappa shape index (κ2) is 7.51. The third kappa shape index (κ3) is 3.53. The molecule has 0 bridgehead atoms. The second-order valence-electron chi connectivity index (χ2n) is 3.99. The Kier molecular flexibility index (Phi) is 5.99. The molecule has 0 atom stereocenters. The van der Waals surface area contributed by atoms with Gasteiger partial charge in [0.15, 0.2) is 11.5 Å². The van der Waals surface area contributed by atoms with E-state index in [1.54, 1.807) is 12.1 Å². The van der Waals surface area contributed by atoms with E-state index in [0.29, 0.717) is 29.4 Å². The molecule has 106 valence electrons. The molecule has 0 aliphatic carbocycles. The minimum absolute atomic E-state index is 0.175. The molecule has 5 heteroatoms. The number of nitrogens with one attached hydrogen (secondary N) is 1. The van der Waals surface area contributed by atoms with Crippen LogP contribution < -0.4 is 19.5 Å². The van der Waals surface area contributed by atoms with Crippen molar-refractivity contribution in [2.75, 3.05) is 27.9 Å². The first-order valence-corrected chi connectivity index (χ1v) is 6.26. The van der Waals surface area contributed by atoms with Gasteiger partial charge in [0.05, 0.1) is 26.9 Å². The molecule has 1 aromatic carbocycles. The molecule has 0 fully saturated rings. The van der Waals surface area contributed by atoms with Crippen molar-refractivity contribution in [3.05, 3.63) is 17.7 Å². The number of carbonyl (C=O) groups is 1. The van der Waals surface area contributed by atoms with Crippen LogP contribution in [0.4, 0.5) is 0 Å². The smallest absolute Gasteiger partial charge is 0.255 e. The second-order valence-corrected chi connectivity index (χ2v) is 3.99. The van der Waals surface area contributed by atoms with Gasteiger partial charge >= 0.3 is 0 Å². The fourth-order valence-electron chi connectivity index (χ4n) is 1.75. The maximum absolute atomic E-state index is 12.1. The van der Waals surface area contributed by atoms with Gasteiger partial charge in [-0.15, -0.1) is 0 Å². The topological polar surface area (TPSA) is 56.8 Å². The highest BCUT2D eigenvalue weighted by atomic mass is 16.5. The Labute approximate surface area is 113 Å². The van der Waals surface area contributed by atoms with E-state index < -0.39 is 0 Å². The number of ether oxygens (including phenoxy) is 3. The Morgan fingerprint density at radius 3 is 2.32 bits per heavy atom. The third-order valence-corrected chi connectivity index (χ3v) is 2.76. The van der Waals surface area contributed by atoms with Gasteiger partial charge in [-0.3, -0.25) is 4.79 Å². The first-order chi connectivity index (χ1) is 9.19. The number of hydrogen-bond acceptors (Lipinski definition) is 4. The van der Waals surface area contributed by atoms with Gasteiger partial charge in [0.1, 0.15) is 0 Å². The number of hydrogen-bond donors (Lipinski definition) is 1. The predicted molar refractivity (Wildman–Crippen MR) is 73.3 cm³/mol. The zero-order valence-electron chi connectivity index (χ0n) is 11.9. The zero-order valence-corrected chi connectivity index (χ0v) is 11.9. The molecule has 1 aromatic rings. The summed E-state index contributed by atoms with van der Waals surface area (Å²) >= 11 is 0. The van der Waals surface area contributed by atoms with Crippen LogP contribution in [-0.2, 0) is 0 Å². The van der Waals surface area contributed by atoms with Crippen molar-refractivity contribution in [1.29, 1.82) is 0 Å². The Morgan fingerprint density at radius 2 is 1.79 bits per heavy atom. The Bertz CT molecular complexity index is 432. The average Bonchev–Trinajstić information content (AvgIpc) is 2.45. The monoisotopic (exact) mass is 267 g/mol. The lowest BCUT2D eigenvalue weighted by molar-refractivity contribution is 0.0949. The highest BCUT2D eigenvalue weighted by Crippen LogP contribution is 2.39. The van der Waals surface area contributed by atoms with Gasteiger partial charge in [-0.1, -0.05) is 13.3 Å². The Hall–Kier alpha value is -1.91. The lowest BCUT2D eigenvalue weighted by Crippen LogP contribution is -2.25. The van der Waals surface area contributed by atoms with Crippen LogP contribution in [0.15, 0.2) is 12.1 Å². The normalized spacial score (nSPS) is 9.89. The molecule has 1 amide bonds. The highest BCUT2D eigenvalue weighted by molar-refractivity contribution is 5.98. The molecule has 0 saturated carbocycles. The fourth-order valence-corrected chi connectivity index (χ4v) is 1.75. The molecular formula is C14H21NO4. The third-order valence-electron chi connectivity index (χ3n) is 2.76. The van der Waals surface area contributed by atoms with Crippen LogP contribution in [0.3, 0.4) is 0 Å². The maximum atomic E-state index is 12.1. The Balaban J connectivity index is 3.03. The number of benzene rings is 1. The number of unbranched alkanes of at least 4 members (excludes halogenated alkanes) is 1. The van der Waals surface area contributed by atoms with Crippen LogP contribution in [0, 0.1) is 0 Å². The summed E-state index contributed by atoms with van der Waals surface area (Å²) in [5.74, 6) is 1.17. The van der Waals surface area contributed by atoms with Gasteiger partial charge < -0.3 is 19.5 Å². The van der Waals surface area contributed by atoms with Crippen molar-refractivity contribution >= 4 is 5.91 Å². The van der Waals surface area contributed by atoms with Gasteiger partial charge in [0, 0.05) is 6.54 Å². The molecule has 5 nitrogen and oxygen atoms in total. The van der Waals surface area contributed by atoms with Crippen LogP contribution in [0.5, 0.6) is 17.2 Å². The van der Waals surface area contributed by atoms with Gasteiger partial charge in [0.2, 0.25) is 5.75 Å². The molecule has 0 spiro atoms. The van der Waals surface area contributed by atoms with Crippen molar-refractivity contribution < 1.29 is 19.0 Å². The molecule has 0 aliphatic rings. The molecule has 0 unspecified atom stereocenters. The number of amides is 1. The molecule has 0 heterocycles. The molecule has 1 rings (SSSR count). The highest BCUT2D eigenvalue weighted by Gasteiger charge is 2.20. The zero-order chi connectivity index (χ0) is 14.3. The van der Waals surface area contributed by atoms with Crippen molar-refractivity contribution in [2.24, 2.45) is 0 Å². The van der Waals surface area contributed by atoms with Gasteiger partial charge in [0.25, 0.3) is 5.91 Å². The summed E-state index contributed by atoms with van der Waals surface area (Å²) in [6.07, 6.45) is 1.98. The van der Waals surface area contributed by atoms with Crippen LogP contribution >= 0.6 is 0 Å². The van der Waals surface area contributed by atoms with Crippen LogP contribution in [0.1, 0.15) is 30.1 Å². The summed E-state index contributed by atoms with van der Waals surface area (Å²) in [7, 11) is 4.55. The summed E-state index contributed by atoms with van der Waals surface area (Å²) in [6.45, 7) is 2.72. The molecule has 0 aliphatic heterocycles.